The van der Waals surface area contributed by atoms with Crippen LogP contribution in [0, 0.1) is 18.8 Å². The average molecular weight is 500 g/mol. The Balaban J connectivity index is 1.87. The molecule has 0 amide bonds. The van der Waals surface area contributed by atoms with Gasteiger partial charge in [0.1, 0.15) is 28.6 Å². The number of hydrogen-bond donors (Lipinski definition) is 0. The van der Waals surface area contributed by atoms with E-state index in [1.165, 1.54) is 0 Å². The summed E-state index contributed by atoms with van der Waals surface area (Å²) in [5.41, 5.74) is 5.56. The summed E-state index contributed by atoms with van der Waals surface area (Å²) in [6.45, 7) is 12.7. The van der Waals surface area contributed by atoms with Gasteiger partial charge in [-0.3, -0.25) is 0 Å². The average Bonchev–Trinajstić information content (AvgIpc) is 3.37. The molecule has 198 valence electrons. The molecule has 1 fully saturated rings. The van der Waals surface area contributed by atoms with Crippen LogP contribution in [0.4, 0.5) is 5.69 Å². The van der Waals surface area contributed by atoms with Crippen LogP contribution in [0.1, 0.15) is 50.6 Å². The highest BCUT2D eigenvalue weighted by Crippen LogP contribution is 2.44. The van der Waals surface area contributed by atoms with Crippen LogP contribution < -0.4 is 14.4 Å². The minimum atomic E-state index is 0.467. The fourth-order valence-corrected chi connectivity index (χ4v) is 5.25. The number of rotatable bonds is 11. The normalized spacial score (nSPS) is 14.7. The van der Waals surface area contributed by atoms with Crippen molar-refractivity contribution >= 4 is 11.4 Å². The van der Waals surface area contributed by atoms with E-state index < -0.39 is 0 Å². The number of fused-ring (bicyclic) bond motifs is 1. The molecule has 0 unspecified atom stereocenters. The second-order valence-electron chi connectivity index (χ2n) is 10.0. The van der Waals surface area contributed by atoms with Gasteiger partial charge in [0.15, 0.2) is 0 Å². The zero-order chi connectivity index (χ0) is 25.8. The second-order valence-corrected chi connectivity index (χ2v) is 10.0. The maximum absolute atomic E-state index is 6.49. The number of anilines is 1. The zero-order valence-electron chi connectivity index (χ0n) is 22.8. The van der Waals surface area contributed by atoms with Gasteiger partial charge in [-0.15, -0.1) is 0 Å². The molecule has 8 nitrogen and oxygen atoms in total. The van der Waals surface area contributed by atoms with Gasteiger partial charge in [-0.1, -0.05) is 20.8 Å². The Morgan fingerprint density at radius 3 is 2.33 bits per heavy atom. The highest BCUT2D eigenvalue weighted by atomic mass is 16.5. The Hall–Kier alpha value is -2.71. The molecule has 0 spiro atoms. The first-order chi connectivity index (χ1) is 17.4. The van der Waals surface area contributed by atoms with Crippen molar-refractivity contribution < 1.29 is 23.4 Å². The zero-order valence-corrected chi connectivity index (χ0v) is 22.8. The molecule has 0 saturated carbocycles. The third-order valence-electron chi connectivity index (χ3n) is 6.85. The van der Waals surface area contributed by atoms with E-state index in [9.17, 15) is 0 Å². The lowest BCUT2D eigenvalue weighted by molar-refractivity contribution is 0.0681. The van der Waals surface area contributed by atoms with Crippen LogP contribution >= 0.6 is 0 Å². The SMILES string of the molecule is CCc1nn2c(-c3c(OC)cc(COC)cc3OC)c(C)oc2c1N(CC(C)C)CC1CCOCC1. The largest absolute Gasteiger partial charge is 0.496 e. The number of methoxy groups -OCH3 is 3. The standard InChI is InChI=1S/C28H41N3O5/c1-8-22-27(30(15-18(2)3)16-20-9-11-35-12-10-20)28-31(29-22)26(19(4)36-28)25-23(33-6)13-21(17-32-5)14-24(25)34-7/h13-14,18,20H,8-12,15-17H2,1-7H3. The Morgan fingerprint density at radius 2 is 1.78 bits per heavy atom. The van der Waals surface area contributed by atoms with Crippen molar-refractivity contribution in [3.63, 3.8) is 0 Å². The number of aromatic nitrogens is 2. The number of benzene rings is 1. The number of oxazole rings is 1. The van der Waals surface area contributed by atoms with Crippen LogP contribution in [0.25, 0.3) is 17.0 Å². The molecule has 1 aromatic carbocycles. The molecule has 36 heavy (non-hydrogen) atoms. The first-order valence-electron chi connectivity index (χ1n) is 13.0. The van der Waals surface area contributed by atoms with Gasteiger partial charge in [-0.05, 0) is 55.7 Å². The molecule has 1 saturated heterocycles. The van der Waals surface area contributed by atoms with E-state index in [1.807, 2.05) is 23.6 Å². The molecule has 1 aliphatic rings. The Bertz CT molecular complexity index is 1130. The predicted octanol–water partition coefficient (Wildman–Crippen LogP) is 5.52. The lowest BCUT2D eigenvalue weighted by atomic mass is 9.98. The van der Waals surface area contributed by atoms with Crippen molar-refractivity contribution in [1.82, 2.24) is 9.61 Å². The summed E-state index contributed by atoms with van der Waals surface area (Å²) in [6, 6.07) is 3.97. The van der Waals surface area contributed by atoms with E-state index in [1.54, 1.807) is 21.3 Å². The van der Waals surface area contributed by atoms with Gasteiger partial charge in [-0.2, -0.15) is 9.61 Å². The minimum Gasteiger partial charge on any atom is -0.496 e. The maximum atomic E-state index is 6.49. The molecular weight excluding hydrogens is 458 g/mol. The van der Waals surface area contributed by atoms with Gasteiger partial charge in [0.05, 0.1) is 32.1 Å². The topological polar surface area (TPSA) is 70.6 Å². The van der Waals surface area contributed by atoms with Crippen molar-refractivity contribution in [2.24, 2.45) is 11.8 Å². The molecule has 0 bridgehead atoms. The molecule has 3 heterocycles. The molecule has 1 aliphatic heterocycles. The first-order valence-corrected chi connectivity index (χ1v) is 13.0. The summed E-state index contributed by atoms with van der Waals surface area (Å²) in [5.74, 6) is 3.27. The second kappa shape index (κ2) is 11.6. The molecule has 2 aromatic heterocycles. The van der Waals surface area contributed by atoms with Gasteiger partial charge < -0.3 is 28.3 Å². The summed E-state index contributed by atoms with van der Waals surface area (Å²) in [7, 11) is 5.02. The summed E-state index contributed by atoms with van der Waals surface area (Å²) in [5, 5.41) is 5.08. The molecule has 0 atom stereocenters. The minimum absolute atomic E-state index is 0.467. The predicted molar refractivity (Wildman–Crippen MR) is 141 cm³/mol. The van der Waals surface area contributed by atoms with Crippen molar-refractivity contribution in [1.29, 1.82) is 0 Å². The highest BCUT2D eigenvalue weighted by Gasteiger charge is 2.30. The van der Waals surface area contributed by atoms with E-state index in [4.69, 9.17) is 28.5 Å². The van der Waals surface area contributed by atoms with E-state index >= 15 is 0 Å². The van der Waals surface area contributed by atoms with Crippen LogP contribution in [0.15, 0.2) is 16.5 Å². The van der Waals surface area contributed by atoms with Crippen molar-refractivity contribution in [3.05, 3.63) is 29.2 Å². The Labute approximate surface area is 214 Å². The molecule has 0 N–H and O–H groups in total. The number of nitrogens with zero attached hydrogens (tertiary/aromatic N) is 3. The summed E-state index contributed by atoms with van der Waals surface area (Å²) < 4.78 is 31.1. The smallest absolute Gasteiger partial charge is 0.246 e. The van der Waals surface area contributed by atoms with Gasteiger partial charge in [0.25, 0.3) is 0 Å². The van der Waals surface area contributed by atoms with Crippen LogP contribution in [-0.2, 0) is 22.5 Å². The van der Waals surface area contributed by atoms with Crippen LogP contribution in [0.5, 0.6) is 11.5 Å². The van der Waals surface area contributed by atoms with E-state index in [-0.39, 0.29) is 0 Å². The van der Waals surface area contributed by atoms with Crippen molar-refractivity contribution in [2.75, 3.05) is 52.5 Å². The molecule has 3 aromatic rings. The van der Waals surface area contributed by atoms with E-state index in [0.29, 0.717) is 29.9 Å². The third-order valence-corrected chi connectivity index (χ3v) is 6.85. The molecule has 4 rings (SSSR count). The highest BCUT2D eigenvalue weighted by molar-refractivity contribution is 5.81. The van der Waals surface area contributed by atoms with E-state index in [0.717, 1.165) is 85.2 Å². The fourth-order valence-electron chi connectivity index (χ4n) is 5.25. The number of ether oxygens (including phenoxy) is 4. The lowest BCUT2D eigenvalue weighted by Gasteiger charge is -2.32. The van der Waals surface area contributed by atoms with Gasteiger partial charge in [0, 0.05) is 33.4 Å². The molecule has 0 radical (unpaired) electrons. The van der Waals surface area contributed by atoms with Crippen LogP contribution in [0.3, 0.4) is 0 Å². The molecule has 8 heteroatoms. The summed E-state index contributed by atoms with van der Waals surface area (Å²) in [6.07, 6.45) is 2.99. The lowest BCUT2D eigenvalue weighted by Crippen LogP contribution is -2.35. The van der Waals surface area contributed by atoms with Crippen molar-refractivity contribution in [2.45, 2.75) is 53.6 Å². The van der Waals surface area contributed by atoms with Gasteiger partial charge in [-0.25, -0.2) is 0 Å². The van der Waals surface area contributed by atoms with Gasteiger partial charge in [0.2, 0.25) is 5.71 Å². The van der Waals surface area contributed by atoms with E-state index in [2.05, 4.69) is 25.7 Å². The Morgan fingerprint density at radius 1 is 1.11 bits per heavy atom. The number of hydrogen-bond acceptors (Lipinski definition) is 7. The molecular formula is C28H41N3O5. The maximum Gasteiger partial charge on any atom is 0.246 e. The van der Waals surface area contributed by atoms with Gasteiger partial charge >= 0.3 is 0 Å². The monoisotopic (exact) mass is 499 g/mol. The van der Waals surface area contributed by atoms with Crippen molar-refractivity contribution in [3.8, 4) is 22.8 Å². The quantitative estimate of drug-likeness (QED) is 0.344. The van der Waals surface area contributed by atoms with Crippen LogP contribution in [-0.4, -0.2) is 57.2 Å². The fraction of sp³-hybridized carbons (Fsp3) is 0.607. The number of aryl methyl sites for hydroxylation is 2. The first kappa shape index (κ1) is 26.4. The third kappa shape index (κ3) is 5.20. The van der Waals surface area contributed by atoms with Crippen LogP contribution in [0.2, 0.25) is 0 Å². The molecule has 0 aliphatic carbocycles. The summed E-state index contributed by atoms with van der Waals surface area (Å²) in [4.78, 5) is 2.49. The summed E-state index contributed by atoms with van der Waals surface area (Å²) >= 11 is 0. The Kier molecular flexibility index (Phi) is 8.46.